The van der Waals surface area contributed by atoms with Gasteiger partial charge >= 0.3 is 6.08 Å². The van der Waals surface area contributed by atoms with Crippen LogP contribution in [-0.2, 0) is 47.1 Å². The maximum Gasteiger partial charge on any atom is 0.315 e. The van der Waals surface area contributed by atoms with Gasteiger partial charge in [-0.1, -0.05) is 6.58 Å². The zero-order chi connectivity index (χ0) is 35.2. The first-order valence-corrected chi connectivity index (χ1v) is 17.9. The minimum absolute atomic E-state index is 0. The predicted molar refractivity (Wildman–Crippen MR) is 176 cm³/mol. The van der Waals surface area contributed by atoms with Crippen LogP contribution in [0.3, 0.4) is 0 Å². The number of azo groups is 1. The van der Waals surface area contributed by atoms with Gasteiger partial charge in [-0.2, -0.15) is 36.2 Å². The van der Waals surface area contributed by atoms with Crippen LogP contribution in [0.2, 0.25) is 0 Å². The van der Waals surface area contributed by atoms with Crippen molar-refractivity contribution in [2.45, 2.75) is 31.0 Å². The molecular formula is C24H29FN8Na2O11S3. The van der Waals surface area contributed by atoms with Gasteiger partial charge in [0, 0.05) is 88.9 Å². The summed E-state index contributed by atoms with van der Waals surface area (Å²) in [6.45, 7) is 5.67. The number of aromatic hydroxyl groups is 1. The molecule has 3 aromatic rings. The second-order valence-electron chi connectivity index (χ2n) is 9.36. The molecule has 3 rings (SSSR count). The third kappa shape index (κ3) is 13.0. The molecule has 0 atom stereocenters. The molecule has 25 heteroatoms. The maximum absolute atomic E-state index is 14.1. The summed E-state index contributed by atoms with van der Waals surface area (Å²) < 4.78 is 109. The zero-order valence-corrected chi connectivity index (χ0v) is 33.1. The van der Waals surface area contributed by atoms with Crippen molar-refractivity contribution >= 4 is 118 Å². The topological polar surface area (TPSA) is 282 Å². The summed E-state index contributed by atoms with van der Waals surface area (Å²) in [6, 6.07) is 3.08. The van der Waals surface area contributed by atoms with Gasteiger partial charge in [-0.05, 0) is 37.6 Å². The van der Waals surface area contributed by atoms with E-state index in [9.17, 15) is 48.7 Å². The van der Waals surface area contributed by atoms with Gasteiger partial charge in [-0.25, -0.2) is 8.42 Å². The fourth-order valence-electron chi connectivity index (χ4n) is 3.83. The molecule has 258 valence electrons. The fourth-order valence-corrected chi connectivity index (χ4v) is 5.66. The van der Waals surface area contributed by atoms with Crippen LogP contribution in [0.1, 0.15) is 18.1 Å². The van der Waals surface area contributed by atoms with Crippen LogP contribution in [0.25, 0.3) is 0 Å². The number of hydrogen-bond acceptors (Lipinski definition) is 16. The van der Waals surface area contributed by atoms with Crippen molar-refractivity contribution in [3.8, 4) is 5.88 Å². The number of halogens is 1. The summed E-state index contributed by atoms with van der Waals surface area (Å²) in [5.74, 6) is -2.69. The Hall–Kier alpha value is -2.42. The van der Waals surface area contributed by atoms with E-state index >= 15 is 0 Å². The molecule has 0 aliphatic rings. The van der Waals surface area contributed by atoms with Gasteiger partial charge in [0.25, 0.3) is 25.8 Å². The third-order valence-corrected chi connectivity index (χ3v) is 8.88. The average molecular weight is 767 g/mol. The van der Waals surface area contributed by atoms with Crippen molar-refractivity contribution < 1.29 is 48.6 Å². The number of pyridine rings is 1. The Morgan fingerprint density at radius 1 is 1.04 bits per heavy atom. The summed E-state index contributed by atoms with van der Waals surface area (Å²) in [4.78, 5) is 23.2. The number of nitrogens with zero attached hydrogens (tertiary/aromatic N) is 6. The van der Waals surface area contributed by atoms with Crippen LogP contribution in [0, 0.1) is 13.0 Å². The molecule has 0 unspecified atom stereocenters. The minimum atomic E-state index is -4.92. The van der Waals surface area contributed by atoms with Gasteiger partial charge < -0.3 is 20.5 Å². The summed E-state index contributed by atoms with van der Waals surface area (Å²) in [6.07, 6.45) is -1.21. The number of benzene rings is 1. The van der Waals surface area contributed by atoms with Crippen LogP contribution in [0.4, 0.5) is 33.3 Å². The Morgan fingerprint density at radius 3 is 2.29 bits per heavy atom. The number of ether oxygens (including phenoxy) is 1. The van der Waals surface area contributed by atoms with Gasteiger partial charge in [0.1, 0.15) is 16.3 Å². The van der Waals surface area contributed by atoms with Crippen molar-refractivity contribution in [1.82, 2.24) is 19.5 Å². The minimum Gasteiger partial charge on any atom is -0.494 e. The van der Waals surface area contributed by atoms with Crippen LogP contribution in [0.15, 0.2) is 50.1 Å². The van der Waals surface area contributed by atoms with E-state index in [4.69, 9.17) is 4.74 Å². The molecule has 0 bridgehead atoms. The Bertz CT molecular complexity index is 2100. The van der Waals surface area contributed by atoms with E-state index in [2.05, 4.69) is 42.4 Å². The van der Waals surface area contributed by atoms with Crippen LogP contribution >= 0.6 is 0 Å². The molecule has 2 radical (unpaired) electrons. The summed E-state index contributed by atoms with van der Waals surface area (Å²) >= 11 is 0. The Labute approximate surface area is 324 Å². The molecule has 0 aliphatic heterocycles. The van der Waals surface area contributed by atoms with E-state index in [1.165, 1.54) is 13.8 Å². The first kappa shape index (κ1) is 44.6. The molecule has 19 nitrogen and oxygen atoms in total. The van der Waals surface area contributed by atoms with E-state index in [0.29, 0.717) is 0 Å². The molecule has 2 aromatic heterocycles. The molecule has 0 aliphatic carbocycles. The van der Waals surface area contributed by atoms with E-state index in [1.807, 2.05) is 0 Å². The molecule has 0 saturated carbocycles. The van der Waals surface area contributed by atoms with Crippen LogP contribution in [0.5, 0.6) is 5.88 Å². The molecule has 0 saturated heterocycles. The summed E-state index contributed by atoms with van der Waals surface area (Å²) in [5, 5.41) is 24.0. The number of anilines is 3. The average Bonchev–Trinajstić information content (AvgIpc) is 2.96. The molecule has 0 amide bonds. The van der Waals surface area contributed by atoms with Crippen LogP contribution < -0.4 is 16.2 Å². The van der Waals surface area contributed by atoms with Crippen molar-refractivity contribution in [2.75, 3.05) is 36.1 Å². The van der Waals surface area contributed by atoms with Crippen molar-refractivity contribution in [3.63, 3.8) is 0 Å². The summed E-state index contributed by atoms with van der Waals surface area (Å²) in [7, 11) is -13.0. The largest absolute Gasteiger partial charge is 0.494 e. The number of sulfone groups is 1. The van der Waals surface area contributed by atoms with E-state index in [-0.39, 0.29) is 120 Å². The van der Waals surface area contributed by atoms with Crippen molar-refractivity contribution in [1.29, 1.82) is 0 Å². The van der Waals surface area contributed by atoms with Gasteiger partial charge in [0.05, 0.1) is 19.0 Å². The maximum atomic E-state index is 14.1. The molecule has 0 spiro atoms. The SMILES string of the molecule is C=CS(=O)(=O)CCOCCNc1nc(F)nc(Nc2ccc(S(=O)(=O)O)c(N=Nc3c(C)c(CS(=O)(=O)O)c(O)n(CC)c3=O)c2)n1.[Na].[Na]. The third-order valence-electron chi connectivity index (χ3n) is 6.08. The quantitative estimate of drug-likeness (QED) is 0.0593. The van der Waals surface area contributed by atoms with E-state index in [1.54, 1.807) is 0 Å². The van der Waals surface area contributed by atoms with Crippen LogP contribution in [-0.4, -0.2) is 144 Å². The Kier molecular flexibility index (Phi) is 17.0. The number of rotatable bonds is 16. The van der Waals surface area contributed by atoms with Gasteiger partial charge in [-0.3, -0.25) is 18.5 Å². The first-order valence-electron chi connectivity index (χ1n) is 13.1. The van der Waals surface area contributed by atoms with Crippen molar-refractivity contribution in [3.05, 3.63) is 57.7 Å². The second kappa shape index (κ2) is 18.7. The molecule has 5 N–H and O–H groups in total. The van der Waals surface area contributed by atoms with Crippen molar-refractivity contribution in [2.24, 2.45) is 10.2 Å². The summed E-state index contributed by atoms with van der Waals surface area (Å²) in [5.41, 5.74) is -2.52. The Balaban J connectivity index is 0.00000600. The molecule has 49 heavy (non-hydrogen) atoms. The molecular weight excluding hydrogens is 737 g/mol. The molecule has 0 fully saturated rings. The predicted octanol–water partition coefficient (Wildman–Crippen LogP) is 1.23. The van der Waals surface area contributed by atoms with Gasteiger partial charge in [0.15, 0.2) is 21.4 Å². The number of aromatic nitrogens is 4. The standard InChI is InChI=1S/C24H29FN8O11S3.2Na/c1-4-33-20(34)16(13-46(38,39)40)14(3)19(21(33)35)32-31-17-12-15(6-7-18(17)47(41,42)43)27-24-29-22(25)28-23(30-24)26-8-9-44-10-11-45(36,37)5-2;;/h5-7,12,34H,2,4,8-11,13H2,1,3H3,(H,38,39,40)(H,41,42,43)(H2,26,27,28,29,30);;. The zero-order valence-electron chi connectivity index (χ0n) is 26.7. The van der Waals surface area contributed by atoms with Gasteiger partial charge in [-0.15, -0.1) is 10.2 Å². The normalized spacial score (nSPS) is 11.9. The monoisotopic (exact) mass is 766 g/mol. The fraction of sp³-hybridized carbons (Fsp3) is 0.333. The molecule has 2 heterocycles. The molecule has 1 aromatic carbocycles. The Morgan fingerprint density at radius 2 is 1.69 bits per heavy atom. The number of hydrogen-bond donors (Lipinski definition) is 5. The van der Waals surface area contributed by atoms with E-state index < -0.39 is 69.6 Å². The smallest absolute Gasteiger partial charge is 0.315 e. The number of nitrogens with one attached hydrogen (secondary N) is 2. The van der Waals surface area contributed by atoms with E-state index in [0.717, 1.165) is 28.2 Å². The second-order valence-corrected chi connectivity index (χ2v) is 14.3. The van der Waals surface area contributed by atoms with Gasteiger partial charge in [0.2, 0.25) is 11.9 Å². The first-order chi connectivity index (χ1) is 21.8.